The van der Waals surface area contributed by atoms with Crippen LogP contribution in [0.4, 0.5) is 79.0 Å². The Kier molecular flexibility index (Phi) is 9.35. The normalized spacial score (nSPS) is 16.8. The summed E-state index contributed by atoms with van der Waals surface area (Å²) in [6.07, 6.45) is -56.3. The number of ether oxygens (including phenoxy) is 3. The Bertz CT molecular complexity index is 1100. The molecule has 40 heavy (non-hydrogen) atoms. The van der Waals surface area contributed by atoms with E-state index in [1.54, 1.807) is 0 Å². The Balaban J connectivity index is 4.06. The second-order valence-corrected chi connectivity index (χ2v) is 8.35. The molecule has 0 heterocycles. The van der Waals surface area contributed by atoms with Gasteiger partial charge in [-0.1, -0.05) is 0 Å². The molecule has 6 nitrogen and oxygen atoms in total. The molecule has 0 saturated carbocycles. The van der Waals surface area contributed by atoms with Crippen LogP contribution in [0.5, 0.6) is 17.2 Å². The first-order valence-electron chi connectivity index (χ1n) is 8.82. The zero-order valence-corrected chi connectivity index (χ0v) is 18.4. The fourth-order valence-corrected chi connectivity index (χ4v) is 2.62. The summed E-state index contributed by atoms with van der Waals surface area (Å²) in [4.78, 5) is -2.34. The standard InChI is InChI=1S/C15H6F18O6S/c16-7(10(19,20)21)13(28,29)37-4-1-3(40(34,35)36)2-5(38-14(30,31)8(17)11(22,23)24)6(4)39-15(32,33)9(18)12(25,26)27/h1-2,7-9H,(H,34,35,36). The van der Waals surface area contributed by atoms with Gasteiger partial charge < -0.3 is 14.2 Å². The molecule has 0 spiro atoms. The molecule has 0 fully saturated rings. The molecule has 0 amide bonds. The molecule has 1 aromatic carbocycles. The fraction of sp³-hybridized carbons (Fsp3) is 0.600. The maximum atomic E-state index is 13.8. The van der Waals surface area contributed by atoms with Crippen molar-refractivity contribution in [2.45, 2.75) is 60.3 Å². The quantitative estimate of drug-likeness (QED) is 0.228. The van der Waals surface area contributed by atoms with Crippen molar-refractivity contribution in [3.63, 3.8) is 0 Å². The van der Waals surface area contributed by atoms with Crippen LogP contribution in [-0.4, -0.2) is 68.3 Å². The molecule has 25 heteroatoms. The van der Waals surface area contributed by atoms with Gasteiger partial charge in [-0.3, -0.25) is 4.55 Å². The van der Waals surface area contributed by atoms with E-state index in [2.05, 4.69) is 14.2 Å². The molecule has 0 aliphatic rings. The summed E-state index contributed by atoms with van der Waals surface area (Å²) in [5.41, 5.74) is 0. The van der Waals surface area contributed by atoms with E-state index in [9.17, 15) is 87.4 Å². The number of hydrogen-bond donors (Lipinski definition) is 1. The van der Waals surface area contributed by atoms with Crippen LogP contribution in [-0.2, 0) is 10.1 Å². The monoisotopic (exact) mass is 656 g/mol. The average molecular weight is 656 g/mol. The number of alkyl halides is 18. The van der Waals surface area contributed by atoms with Crippen LogP contribution < -0.4 is 14.2 Å². The third-order valence-electron chi connectivity index (χ3n) is 3.77. The molecule has 3 atom stereocenters. The highest BCUT2D eigenvalue weighted by atomic mass is 32.2. The first-order valence-corrected chi connectivity index (χ1v) is 10.3. The average Bonchev–Trinajstić information content (AvgIpc) is 2.70. The van der Waals surface area contributed by atoms with E-state index in [-0.39, 0.29) is 0 Å². The lowest BCUT2D eigenvalue weighted by Crippen LogP contribution is -2.47. The van der Waals surface area contributed by atoms with Gasteiger partial charge in [0.1, 0.15) is 4.90 Å². The van der Waals surface area contributed by atoms with Gasteiger partial charge in [-0.2, -0.15) is 74.3 Å². The molecule has 0 aromatic heterocycles. The van der Waals surface area contributed by atoms with Gasteiger partial charge in [0.2, 0.25) is 5.75 Å². The number of benzene rings is 1. The van der Waals surface area contributed by atoms with Crippen molar-refractivity contribution in [1.82, 2.24) is 0 Å². The van der Waals surface area contributed by atoms with Gasteiger partial charge in [-0.25, -0.2) is 13.2 Å². The van der Waals surface area contributed by atoms with Crippen LogP contribution >= 0.6 is 0 Å². The van der Waals surface area contributed by atoms with Gasteiger partial charge in [-0.05, 0) is 0 Å². The molecule has 234 valence electrons. The van der Waals surface area contributed by atoms with Gasteiger partial charge in [0.25, 0.3) is 28.6 Å². The molecular weight excluding hydrogens is 650 g/mol. The summed E-state index contributed by atoms with van der Waals surface area (Å²) in [5, 5.41) is 0. The van der Waals surface area contributed by atoms with E-state index >= 15 is 0 Å². The Morgan fingerprint density at radius 3 is 1.02 bits per heavy atom. The maximum Gasteiger partial charge on any atom is 0.439 e. The van der Waals surface area contributed by atoms with E-state index in [1.165, 1.54) is 0 Å². The highest BCUT2D eigenvalue weighted by molar-refractivity contribution is 7.85. The summed E-state index contributed by atoms with van der Waals surface area (Å²) in [5.74, 6) is -9.23. The SMILES string of the molecule is O=S(=O)(O)c1cc(OC(F)(F)C(F)C(F)(F)F)c(OC(F)(F)C(F)C(F)(F)F)c(OC(F)(F)C(F)C(F)(F)F)c1. The van der Waals surface area contributed by atoms with Gasteiger partial charge in [-0.15, -0.1) is 0 Å². The highest BCUT2D eigenvalue weighted by Crippen LogP contribution is 2.50. The molecule has 1 rings (SSSR count). The molecule has 1 aromatic rings. The summed E-state index contributed by atoms with van der Waals surface area (Å²) in [6.45, 7) is 0. The Hall–Kier alpha value is -2.73. The third-order valence-corrected chi connectivity index (χ3v) is 4.60. The van der Waals surface area contributed by atoms with Crippen molar-refractivity contribution < 1.29 is 106 Å². The van der Waals surface area contributed by atoms with E-state index in [0.717, 1.165) is 0 Å². The van der Waals surface area contributed by atoms with Crippen LogP contribution in [0.15, 0.2) is 17.0 Å². The molecule has 0 aliphatic heterocycles. The largest absolute Gasteiger partial charge is 0.439 e. The molecule has 0 aliphatic carbocycles. The zero-order valence-electron chi connectivity index (χ0n) is 17.6. The van der Waals surface area contributed by atoms with E-state index in [0.29, 0.717) is 0 Å². The Labute approximate surface area is 207 Å². The van der Waals surface area contributed by atoms with Crippen LogP contribution in [0, 0.1) is 0 Å². The minimum atomic E-state index is -6.70. The van der Waals surface area contributed by atoms with Crippen molar-refractivity contribution in [2.75, 3.05) is 0 Å². The first-order chi connectivity index (χ1) is 17.3. The minimum Gasteiger partial charge on any atom is -0.426 e. The summed E-state index contributed by atoms with van der Waals surface area (Å²) >= 11 is 0. The molecule has 0 radical (unpaired) electrons. The van der Waals surface area contributed by atoms with E-state index < -0.39 is 99.8 Å². The summed E-state index contributed by atoms with van der Waals surface area (Å²) < 4.78 is 274. The summed E-state index contributed by atoms with van der Waals surface area (Å²) in [6, 6.07) is -1.92. The Morgan fingerprint density at radius 1 is 0.550 bits per heavy atom. The van der Waals surface area contributed by atoms with Crippen LogP contribution in [0.25, 0.3) is 0 Å². The fourth-order valence-electron chi connectivity index (χ4n) is 2.11. The highest BCUT2D eigenvalue weighted by Gasteiger charge is 2.63. The van der Waals surface area contributed by atoms with Crippen LogP contribution in [0.3, 0.4) is 0 Å². The van der Waals surface area contributed by atoms with Crippen molar-refractivity contribution in [3.05, 3.63) is 12.1 Å². The van der Waals surface area contributed by atoms with Gasteiger partial charge in [0.15, 0.2) is 11.5 Å². The smallest absolute Gasteiger partial charge is 0.426 e. The topological polar surface area (TPSA) is 82.1 Å². The summed E-state index contributed by atoms with van der Waals surface area (Å²) in [7, 11) is -6.14. The van der Waals surface area contributed by atoms with E-state index in [4.69, 9.17) is 4.55 Å². The predicted molar refractivity (Wildman–Crippen MR) is 85.8 cm³/mol. The molecule has 1 N–H and O–H groups in total. The third kappa shape index (κ3) is 8.39. The molecule has 3 unspecified atom stereocenters. The second-order valence-electron chi connectivity index (χ2n) is 6.93. The van der Waals surface area contributed by atoms with Crippen LogP contribution in [0.2, 0.25) is 0 Å². The number of halogens is 18. The van der Waals surface area contributed by atoms with Gasteiger partial charge >= 0.3 is 36.9 Å². The minimum absolute atomic E-state index is 0.958. The lowest BCUT2D eigenvalue weighted by molar-refractivity contribution is -0.316. The molecule has 0 saturated heterocycles. The molecule has 0 bridgehead atoms. The molecular formula is C15H6F18O6S. The van der Waals surface area contributed by atoms with Crippen LogP contribution in [0.1, 0.15) is 0 Å². The second kappa shape index (κ2) is 10.6. The van der Waals surface area contributed by atoms with E-state index in [1.807, 2.05) is 0 Å². The first kappa shape index (κ1) is 35.3. The predicted octanol–water partition coefficient (Wildman–Crippen LogP) is 6.55. The van der Waals surface area contributed by atoms with Crippen molar-refractivity contribution >= 4 is 10.1 Å². The van der Waals surface area contributed by atoms with Gasteiger partial charge in [0.05, 0.1) is 0 Å². The maximum absolute atomic E-state index is 13.8. The van der Waals surface area contributed by atoms with Crippen molar-refractivity contribution in [3.8, 4) is 17.2 Å². The number of hydrogen-bond acceptors (Lipinski definition) is 5. The van der Waals surface area contributed by atoms with Crippen molar-refractivity contribution in [2.24, 2.45) is 0 Å². The number of rotatable bonds is 10. The van der Waals surface area contributed by atoms with Gasteiger partial charge in [0, 0.05) is 12.1 Å². The Morgan fingerprint density at radius 2 is 0.800 bits per heavy atom. The lowest BCUT2D eigenvalue weighted by atomic mass is 10.2. The lowest BCUT2D eigenvalue weighted by Gasteiger charge is -2.29. The zero-order chi connectivity index (χ0) is 32.1. The van der Waals surface area contributed by atoms with Crippen molar-refractivity contribution in [1.29, 1.82) is 0 Å².